The third-order valence-electron chi connectivity index (χ3n) is 5.17. The number of fused-ring (bicyclic) bond motifs is 1. The third-order valence-corrected chi connectivity index (χ3v) is 6.99. The maximum Gasteiger partial charge on any atom is 0.313 e. The van der Waals surface area contributed by atoms with E-state index in [1.807, 2.05) is 66.0 Å². The number of amides is 2. The van der Waals surface area contributed by atoms with Crippen molar-refractivity contribution in [1.29, 1.82) is 0 Å². The van der Waals surface area contributed by atoms with E-state index in [-0.39, 0.29) is 29.4 Å². The molecule has 3 N–H and O–H groups in total. The van der Waals surface area contributed by atoms with Crippen molar-refractivity contribution >= 4 is 57.9 Å². The molecule has 2 heterocycles. The zero-order valence-corrected chi connectivity index (χ0v) is 19.3. The van der Waals surface area contributed by atoms with Crippen LogP contribution in [0.5, 0.6) is 0 Å². The molecule has 0 radical (unpaired) electrons. The van der Waals surface area contributed by atoms with Gasteiger partial charge in [-0.3, -0.25) is 14.4 Å². The van der Waals surface area contributed by atoms with Crippen LogP contribution in [-0.2, 0) is 27.3 Å². The highest BCUT2D eigenvalue weighted by molar-refractivity contribution is 8.00. The van der Waals surface area contributed by atoms with Crippen molar-refractivity contribution < 1.29 is 19.5 Å². The van der Waals surface area contributed by atoms with Crippen molar-refractivity contribution in [1.82, 2.24) is 0 Å². The molecule has 0 fully saturated rings. The molecule has 0 spiro atoms. The lowest BCUT2D eigenvalue weighted by atomic mass is 10.0. The molecule has 0 saturated heterocycles. The Morgan fingerprint density at radius 3 is 2.58 bits per heavy atom. The van der Waals surface area contributed by atoms with Crippen LogP contribution in [0.4, 0.5) is 17.1 Å². The fourth-order valence-electron chi connectivity index (χ4n) is 3.69. The topological polar surface area (TPSA) is 98.7 Å². The standard InChI is InChI=1S/C24H23N3O4S2/c28-22(14-32-15-23(29)30)25-17-9-7-16(8-10-17)13-27-20-6-2-1-5-19(20)26-24(31)21(27)12-18-4-3-11-33-18/h1-11,21H,12-15H2,(H,25,28)(H,26,31)(H,29,30)/t21-/m0/s1. The summed E-state index contributed by atoms with van der Waals surface area (Å²) in [5.74, 6) is -1.24. The largest absolute Gasteiger partial charge is 0.481 e. The number of anilines is 3. The van der Waals surface area contributed by atoms with Gasteiger partial charge in [0.1, 0.15) is 6.04 Å². The van der Waals surface area contributed by atoms with Crippen molar-refractivity contribution in [3.8, 4) is 0 Å². The number of aliphatic carboxylic acids is 1. The molecular formula is C24H23N3O4S2. The summed E-state index contributed by atoms with van der Waals surface area (Å²) >= 11 is 2.70. The predicted molar refractivity (Wildman–Crippen MR) is 133 cm³/mol. The van der Waals surface area contributed by atoms with E-state index >= 15 is 0 Å². The Morgan fingerprint density at radius 1 is 1.06 bits per heavy atom. The molecule has 0 bridgehead atoms. The number of carbonyl (C=O) groups excluding carboxylic acids is 2. The minimum Gasteiger partial charge on any atom is -0.481 e. The molecule has 0 unspecified atom stereocenters. The quantitative estimate of drug-likeness (QED) is 0.426. The molecule has 0 saturated carbocycles. The van der Waals surface area contributed by atoms with E-state index < -0.39 is 5.97 Å². The van der Waals surface area contributed by atoms with E-state index in [9.17, 15) is 14.4 Å². The summed E-state index contributed by atoms with van der Waals surface area (Å²) in [6.45, 7) is 0.545. The van der Waals surface area contributed by atoms with Gasteiger partial charge in [0.05, 0.1) is 22.9 Å². The fraction of sp³-hybridized carbons (Fsp3) is 0.208. The first-order chi connectivity index (χ1) is 16.0. The van der Waals surface area contributed by atoms with Crippen LogP contribution in [0, 0.1) is 0 Å². The Labute approximate surface area is 199 Å². The Bertz CT molecular complexity index is 1130. The molecule has 1 aromatic heterocycles. The molecular weight excluding hydrogens is 458 g/mol. The summed E-state index contributed by atoms with van der Waals surface area (Å²) in [6, 6.07) is 19.0. The van der Waals surface area contributed by atoms with Gasteiger partial charge in [0.2, 0.25) is 11.8 Å². The first-order valence-electron chi connectivity index (χ1n) is 10.4. The maximum absolute atomic E-state index is 13.0. The number of hydrogen-bond acceptors (Lipinski definition) is 6. The normalized spacial score (nSPS) is 15.0. The van der Waals surface area contributed by atoms with E-state index in [4.69, 9.17) is 5.11 Å². The third kappa shape index (κ3) is 5.94. The molecule has 1 aliphatic rings. The number of rotatable bonds is 9. The molecule has 3 aromatic rings. The Kier molecular flexibility index (Phi) is 7.31. The number of thioether (sulfide) groups is 1. The molecule has 1 aliphatic heterocycles. The summed E-state index contributed by atoms with van der Waals surface area (Å²) in [5, 5.41) is 16.5. The summed E-state index contributed by atoms with van der Waals surface area (Å²) in [6.07, 6.45) is 0.625. The Morgan fingerprint density at radius 2 is 1.85 bits per heavy atom. The van der Waals surface area contributed by atoms with E-state index in [0.717, 1.165) is 33.6 Å². The number of carbonyl (C=O) groups is 3. The molecule has 7 nitrogen and oxygen atoms in total. The van der Waals surface area contributed by atoms with Crippen LogP contribution in [-0.4, -0.2) is 40.4 Å². The fourth-order valence-corrected chi connectivity index (χ4v) is 4.97. The van der Waals surface area contributed by atoms with Crippen LogP contribution in [0.1, 0.15) is 10.4 Å². The van der Waals surface area contributed by atoms with Crippen LogP contribution in [0.15, 0.2) is 66.0 Å². The second-order valence-electron chi connectivity index (χ2n) is 7.57. The summed E-state index contributed by atoms with van der Waals surface area (Å²) in [7, 11) is 0. The van der Waals surface area contributed by atoms with Gasteiger partial charge in [-0.05, 0) is 41.3 Å². The van der Waals surface area contributed by atoms with Gasteiger partial charge >= 0.3 is 5.97 Å². The van der Waals surface area contributed by atoms with Crippen molar-refractivity contribution in [3.05, 3.63) is 76.5 Å². The molecule has 170 valence electrons. The van der Waals surface area contributed by atoms with Crippen LogP contribution in [0.3, 0.4) is 0 Å². The van der Waals surface area contributed by atoms with Gasteiger partial charge in [-0.2, -0.15) is 0 Å². The molecule has 1 atom stereocenters. The van der Waals surface area contributed by atoms with Crippen molar-refractivity contribution in [2.24, 2.45) is 0 Å². The minimum atomic E-state index is -0.942. The number of nitrogens with zero attached hydrogens (tertiary/aromatic N) is 1. The van der Waals surface area contributed by atoms with Gasteiger partial charge in [0.25, 0.3) is 0 Å². The van der Waals surface area contributed by atoms with E-state index in [1.54, 1.807) is 11.3 Å². The monoisotopic (exact) mass is 481 g/mol. The van der Waals surface area contributed by atoms with Gasteiger partial charge < -0.3 is 20.6 Å². The van der Waals surface area contributed by atoms with Gasteiger partial charge in [-0.15, -0.1) is 23.1 Å². The van der Waals surface area contributed by atoms with Crippen LogP contribution < -0.4 is 15.5 Å². The Balaban J connectivity index is 1.47. The van der Waals surface area contributed by atoms with E-state index in [2.05, 4.69) is 15.5 Å². The van der Waals surface area contributed by atoms with Gasteiger partial charge in [-0.25, -0.2) is 0 Å². The first kappa shape index (κ1) is 22.9. The van der Waals surface area contributed by atoms with E-state index in [1.165, 1.54) is 0 Å². The van der Waals surface area contributed by atoms with Crippen LogP contribution in [0.2, 0.25) is 0 Å². The second-order valence-corrected chi connectivity index (χ2v) is 9.58. The SMILES string of the molecule is O=C(O)CSCC(=O)Nc1ccc(CN2c3ccccc3NC(=O)[C@@H]2Cc2cccs2)cc1. The highest BCUT2D eigenvalue weighted by atomic mass is 32.2. The van der Waals surface area contributed by atoms with Gasteiger partial charge in [-0.1, -0.05) is 30.3 Å². The number of hydrogen-bond donors (Lipinski definition) is 3. The summed E-state index contributed by atoms with van der Waals surface area (Å²) in [4.78, 5) is 38.8. The lowest BCUT2D eigenvalue weighted by molar-refractivity contribution is -0.133. The molecule has 9 heteroatoms. The lowest BCUT2D eigenvalue weighted by Gasteiger charge is -2.38. The molecule has 0 aliphatic carbocycles. The zero-order valence-electron chi connectivity index (χ0n) is 17.7. The second kappa shape index (κ2) is 10.5. The number of carboxylic acid groups (broad SMARTS) is 1. The number of thiophene rings is 1. The van der Waals surface area contributed by atoms with Gasteiger partial charge in [0, 0.05) is 23.5 Å². The highest BCUT2D eigenvalue weighted by Gasteiger charge is 2.33. The smallest absolute Gasteiger partial charge is 0.313 e. The summed E-state index contributed by atoms with van der Waals surface area (Å²) in [5.41, 5.74) is 3.43. The average Bonchev–Trinajstić information content (AvgIpc) is 3.30. The van der Waals surface area contributed by atoms with Crippen molar-refractivity contribution in [3.63, 3.8) is 0 Å². The van der Waals surface area contributed by atoms with Crippen LogP contribution >= 0.6 is 23.1 Å². The maximum atomic E-state index is 13.0. The number of para-hydroxylation sites is 2. The lowest BCUT2D eigenvalue weighted by Crippen LogP contribution is -2.48. The number of carboxylic acids is 1. The first-order valence-corrected chi connectivity index (χ1v) is 12.4. The molecule has 33 heavy (non-hydrogen) atoms. The van der Waals surface area contributed by atoms with E-state index in [0.29, 0.717) is 18.7 Å². The predicted octanol–water partition coefficient (Wildman–Crippen LogP) is 4.07. The highest BCUT2D eigenvalue weighted by Crippen LogP contribution is 2.34. The van der Waals surface area contributed by atoms with Crippen LogP contribution in [0.25, 0.3) is 0 Å². The molecule has 4 rings (SSSR count). The summed E-state index contributed by atoms with van der Waals surface area (Å²) < 4.78 is 0. The average molecular weight is 482 g/mol. The number of benzene rings is 2. The number of nitrogens with one attached hydrogen (secondary N) is 2. The van der Waals surface area contributed by atoms with Crippen molar-refractivity contribution in [2.45, 2.75) is 19.0 Å². The zero-order chi connectivity index (χ0) is 23.2. The Hall–Kier alpha value is -3.30. The van der Waals surface area contributed by atoms with Gasteiger partial charge in [0.15, 0.2) is 0 Å². The molecule has 2 amide bonds. The minimum absolute atomic E-state index is 0.0233. The molecule has 2 aromatic carbocycles. The van der Waals surface area contributed by atoms with Crippen molar-refractivity contribution in [2.75, 3.05) is 27.0 Å².